The molecule has 6 heteroatoms. The molecule has 0 unspecified atom stereocenters. The summed E-state index contributed by atoms with van der Waals surface area (Å²) in [4.78, 5) is 23.4. The number of carbonyl (C=O) groups excluding carboxylic acids is 1. The lowest BCUT2D eigenvalue weighted by Crippen LogP contribution is -2.38. The number of anilines is 1. The lowest BCUT2D eigenvalue weighted by Gasteiger charge is -2.35. The van der Waals surface area contributed by atoms with E-state index >= 15 is 0 Å². The fourth-order valence-electron chi connectivity index (χ4n) is 6.62. The number of fused-ring (bicyclic) bond motifs is 1. The molecule has 0 spiro atoms. The number of likely N-dealkylation sites (tertiary alicyclic amines) is 1. The van der Waals surface area contributed by atoms with Crippen LogP contribution in [0.3, 0.4) is 0 Å². The highest BCUT2D eigenvalue weighted by atomic mass is 16.1. The summed E-state index contributed by atoms with van der Waals surface area (Å²) in [5, 5.41) is 5.57. The Balaban J connectivity index is 1.20. The van der Waals surface area contributed by atoms with Crippen LogP contribution in [-0.2, 0) is 7.05 Å². The Labute approximate surface area is 211 Å². The van der Waals surface area contributed by atoms with E-state index in [0.717, 1.165) is 61.8 Å². The van der Waals surface area contributed by atoms with Gasteiger partial charge in [-0.25, -0.2) is 9.67 Å². The summed E-state index contributed by atoms with van der Waals surface area (Å²) in [5.41, 5.74) is 1.46. The summed E-state index contributed by atoms with van der Waals surface area (Å²) in [6.07, 6.45) is 17.8. The molecule has 0 atom stereocenters. The molecule has 192 valence electrons. The molecule has 1 saturated carbocycles. The van der Waals surface area contributed by atoms with Gasteiger partial charge in [0.25, 0.3) is 0 Å². The SMILES string of the molecule is Cn1nc(C(=O)CC2CCN(CC3CCCCC3)CC2)c2ccc(N3CCCCCCCC3)nc21. The van der Waals surface area contributed by atoms with Crippen molar-refractivity contribution in [3.63, 3.8) is 0 Å². The van der Waals surface area contributed by atoms with E-state index in [1.807, 2.05) is 11.7 Å². The molecule has 2 saturated heterocycles. The average molecular weight is 480 g/mol. The lowest BCUT2D eigenvalue weighted by molar-refractivity contribution is 0.0910. The van der Waals surface area contributed by atoms with Crippen LogP contribution in [0.2, 0.25) is 0 Å². The Morgan fingerprint density at radius 3 is 2.20 bits per heavy atom. The highest BCUT2D eigenvalue weighted by Gasteiger charge is 2.26. The van der Waals surface area contributed by atoms with Crippen molar-refractivity contribution in [3.05, 3.63) is 17.8 Å². The van der Waals surface area contributed by atoms with E-state index in [-0.39, 0.29) is 5.78 Å². The third-order valence-corrected chi connectivity index (χ3v) is 8.79. The molecule has 3 aliphatic rings. The molecule has 0 aromatic carbocycles. The fraction of sp³-hybridized carbons (Fsp3) is 0.759. The van der Waals surface area contributed by atoms with Crippen molar-refractivity contribution in [1.29, 1.82) is 0 Å². The van der Waals surface area contributed by atoms with Crippen LogP contribution >= 0.6 is 0 Å². The van der Waals surface area contributed by atoms with Crippen LogP contribution in [-0.4, -0.2) is 58.2 Å². The lowest BCUT2D eigenvalue weighted by atomic mass is 9.87. The van der Waals surface area contributed by atoms with Gasteiger partial charge in [-0.05, 0) is 75.6 Å². The molecule has 2 aliphatic heterocycles. The van der Waals surface area contributed by atoms with E-state index < -0.39 is 0 Å². The Morgan fingerprint density at radius 2 is 1.49 bits per heavy atom. The van der Waals surface area contributed by atoms with Crippen molar-refractivity contribution in [2.75, 3.05) is 37.6 Å². The molecule has 1 aliphatic carbocycles. The number of pyridine rings is 1. The molecule has 3 fully saturated rings. The van der Waals surface area contributed by atoms with Gasteiger partial charge in [-0.2, -0.15) is 5.10 Å². The summed E-state index contributed by atoms with van der Waals surface area (Å²) in [5.74, 6) is 2.62. The first-order valence-corrected chi connectivity index (χ1v) is 14.5. The first-order chi connectivity index (χ1) is 17.2. The second-order valence-electron chi connectivity index (χ2n) is 11.5. The zero-order chi connectivity index (χ0) is 24.0. The highest BCUT2D eigenvalue weighted by molar-refractivity contribution is 6.05. The van der Waals surface area contributed by atoms with Gasteiger partial charge in [-0.15, -0.1) is 0 Å². The molecule has 0 bridgehead atoms. The Kier molecular flexibility index (Phi) is 8.38. The molecule has 5 rings (SSSR count). The van der Waals surface area contributed by atoms with Crippen molar-refractivity contribution >= 4 is 22.6 Å². The van der Waals surface area contributed by atoms with E-state index in [1.54, 1.807) is 0 Å². The molecule has 0 amide bonds. The van der Waals surface area contributed by atoms with Gasteiger partial charge in [0.1, 0.15) is 11.5 Å². The molecule has 4 heterocycles. The first-order valence-electron chi connectivity index (χ1n) is 14.5. The molecule has 6 nitrogen and oxygen atoms in total. The van der Waals surface area contributed by atoms with Crippen LogP contribution < -0.4 is 4.90 Å². The summed E-state index contributed by atoms with van der Waals surface area (Å²) in [6.45, 7) is 5.72. The molecule has 35 heavy (non-hydrogen) atoms. The van der Waals surface area contributed by atoms with Gasteiger partial charge in [-0.3, -0.25) is 4.79 Å². The average Bonchev–Trinajstić information content (AvgIpc) is 3.28. The van der Waals surface area contributed by atoms with Crippen molar-refractivity contribution in [3.8, 4) is 0 Å². The van der Waals surface area contributed by atoms with Crippen LogP contribution in [0.4, 0.5) is 5.82 Å². The number of Topliss-reactive ketones (excluding diaryl/α,β-unsaturated/α-hetero) is 1. The van der Waals surface area contributed by atoms with E-state index in [1.165, 1.54) is 77.2 Å². The maximum Gasteiger partial charge on any atom is 0.184 e. The summed E-state index contributed by atoms with van der Waals surface area (Å²) >= 11 is 0. The van der Waals surface area contributed by atoms with Crippen LogP contribution in [0.15, 0.2) is 12.1 Å². The third-order valence-electron chi connectivity index (χ3n) is 8.79. The zero-order valence-corrected chi connectivity index (χ0v) is 21.9. The number of hydrogen-bond acceptors (Lipinski definition) is 5. The Bertz CT molecular complexity index is 961. The number of carbonyl (C=O) groups is 1. The topological polar surface area (TPSA) is 54.3 Å². The number of hydrogen-bond donors (Lipinski definition) is 0. The summed E-state index contributed by atoms with van der Waals surface area (Å²) < 4.78 is 1.81. The summed E-state index contributed by atoms with van der Waals surface area (Å²) in [6, 6.07) is 4.21. The quantitative estimate of drug-likeness (QED) is 0.476. The zero-order valence-electron chi connectivity index (χ0n) is 21.9. The third kappa shape index (κ3) is 6.25. The minimum atomic E-state index is 0.193. The number of ketones is 1. The van der Waals surface area contributed by atoms with Crippen LogP contribution in [0.1, 0.15) is 100 Å². The van der Waals surface area contributed by atoms with E-state index in [9.17, 15) is 4.79 Å². The summed E-state index contributed by atoms with van der Waals surface area (Å²) in [7, 11) is 1.93. The van der Waals surface area contributed by atoms with Crippen molar-refractivity contribution in [2.45, 2.75) is 89.9 Å². The second-order valence-corrected chi connectivity index (χ2v) is 11.5. The molecule has 2 aromatic rings. The first kappa shape index (κ1) is 24.7. The van der Waals surface area contributed by atoms with Crippen LogP contribution in [0.5, 0.6) is 0 Å². The van der Waals surface area contributed by atoms with Crippen LogP contribution in [0, 0.1) is 11.8 Å². The van der Waals surface area contributed by atoms with Crippen molar-refractivity contribution in [1.82, 2.24) is 19.7 Å². The molecule has 0 N–H and O–H groups in total. The van der Waals surface area contributed by atoms with Gasteiger partial charge in [0.2, 0.25) is 0 Å². The molecular weight excluding hydrogens is 434 g/mol. The van der Waals surface area contributed by atoms with Gasteiger partial charge < -0.3 is 9.80 Å². The standard InChI is InChI=1S/C29H45N5O/c1-32-29-25(13-14-27(30-29)34-17-9-4-2-3-5-10-18-34)28(31-32)26(35)21-23-15-19-33(20-16-23)22-24-11-7-6-8-12-24/h13-14,23-24H,2-12,15-22H2,1H3. The number of piperidine rings is 1. The van der Waals surface area contributed by atoms with E-state index in [4.69, 9.17) is 4.98 Å². The smallest absolute Gasteiger partial charge is 0.184 e. The number of aromatic nitrogens is 3. The predicted molar refractivity (Wildman–Crippen MR) is 143 cm³/mol. The van der Waals surface area contributed by atoms with Crippen LogP contribution in [0.25, 0.3) is 11.0 Å². The Hall–Kier alpha value is -1.95. The maximum atomic E-state index is 13.3. The van der Waals surface area contributed by atoms with Gasteiger partial charge in [0, 0.05) is 33.1 Å². The molecule has 0 radical (unpaired) electrons. The predicted octanol–water partition coefficient (Wildman–Crippen LogP) is 5.99. The maximum absolute atomic E-state index is 13.3. The second kappa shape index (κ2) is 11.9. The minimum absolute atomic E-state index is 0.193. The van der Waals surface area contributed by atoms with E-state index in [0.29, 0.717) is 18.0 Å². The van der Waals surface area contributed by atoms with Gasteiger partial charge >= 0.3 is 0 Å². The number of nitrogens with zero attached hydrogens (tertiary/aromatic N) is 5. The minimum Gasteiger partial charge on any atom is -0.357 e. The Morgan fingerprint density at radius 1 is 0.829 bits per heavy atom. The monoisotopic (exact) mass is 479 g/mol. The molecular formula is C29H45N5O. The van der Waals surface area contributed by atoms with E-state index in [2.05, 4.69) is 27.0 Å². The normalized spacial score (nSPS) is 22.1. The van der Waals surface area contributed by atoms with Crippen molar-refractivity contribution in [2.24, 2.45) is 18.9 Å². The van der Waals surface area contributed by atoms with Gasteiger partial charge in [0.15, 0.2) is 11.4 Å². The van der Waals surface area contributed by atoms with Gasteiger partial charge in [-0.1, -0.05) is 44.9 Å². The molecule has 2 aromatic heterocycles. The number of rotatable bonds is 6. The largest absolute Gasteiger partial charge is 0.357 e. The number of aryl methyl sites for hydroxylation is 1. The van der Waals surface area contributed by atoms with Crippen molar-refractivity contribution < 1.29 is 4.79 Å². The highest BCUT2D eigenvalue weighted by Crippen LogP contribution is 2.29. The van der Waals surface area contributed by atoms with Gasteiger partial charge in [0.05, 0.1) is 5.39 Å². The fourth-order valence-corrected chi connectivity index (χ4v) is 6.62.